The van der Waals surface area contributed by atoms with Crippen molar-refractivity contribution >= 4 is 5.91 Å². The molecule has 3 fully saturated rings. The van der Waals surface area contributed by atoms with Crippen LogP contribution in [0.3, 0.4) is 0 Å². The van der Waals surface area contributed by atoms with E-state index in [1.165, 1.54) is 12.8 Å². The number of rotatable bonds is 5. The zero-order chi connectivity index (χ0) is 11.2. The summed E-state index contributed by atoms with van der Waals surface area (Å²) in [6.07, 6.45) is 5.55. The molecule has 0 spiro atoms. The van der Waals surface area contributed by atoms with Gasteiger partial charge >= 0.3 is 0 Å². The van der Waals surface area contributed by atoms with Crippen molar-refractivity contribution in [2.45, 2.75) is 44.2 Å². The van der Waals surface area contributed by atoms with Crippen LogP contribution < -0.4 is 5.32 Å². The molecule has 1 unspecified atom stereocenters. The Labute approximate surface area is 96.0 Å². The summed E-state index contributed by atoms with van der Waals surface area (Å²) in [6, 6.07) is 0.656. The lowest BCUT2D eigenvalue weighted by atomic mass is 10.1. The first kappa shape index (κ1) is 10.5. The summed E-state index contributed by atoms with van der Waals surface area (Å²) >= 11 is 0. The first-order valence-electron chi connectivity index (χ1n) is 6.38. The first-order chi connectivity index (χ1) is 7.72. The second-order valence-corrected chi connectivity index (χ2v) is 5.70. The maximum absolute atomic E-state index is 12.1. The van der Waals surface area contributed by atoms with Crippen molar-refractivity contribution in [1.82, 2.24) is 10.2 Å². The number of likely N-dealkylation sites (tertiary alicyclic amines) is 1. The number of nitrogens with one attached hydrogen (secondary N) is 1. The third-order valence-corrected chi connectivity index (χ3v) is 4.13. The summed E-state index contributed by atoms with van der Waals surface area (Å²) in [5.41, 5.74) is 0.0597. The Balaban J connectivity index is 1.54. The summed E-state index contributed by atoms with van der Waals surface area (Å²) in [6.45, 7) is 1.87. The van der Waals surface area contributed by atoms with Crippen LogP contribution in [0, 0.1) is 5.41 Å². The van der Waals surface area contributed by atoms with E-state index in [1.54, 1.807) is 0 Å². The lowest BCUT2D eigenvalue weighted by Crippen LogP contribution is -2.41. The van der Waals surface area contributed by atoms with Gasteiger partial charge < -0.3 is 15.3 Å². The summed E-state index contributed by atoms with van der Waals surface area (Å²) in [4.78, 5) is 14.0. The second kappa shape index (κ2) is 3.70. The van der Waals surface area contributed by atoms with E-state index in [0.29, 0.717) is 6.04 Å². The molecule has 0 bridgehead atoms. The molecular formula is C12H20N2O2. The molecule has 4 nitrogen and oxygen atoms in total. The maximum atomic E-state index is 12.1. The number of carbonyl (C=O) groups is 1. The minimum Gasteiger partial charge on any atom is -0.396 e. The van der Waals surface area contributed by atoms with Crippen LogP contribution in [0.15, 0.2) is 0 Å². The van der Waals surface area contributed by atoms with Gasteiger partial charge in [-0.25, -0.2) is 0 Å². The summed E-state index contributed by atoms with van der Waals surface area (Å²) < 4.78 is 0. The van der Waals surface area contributed by atoms with E-state index in [9.17, 15) is 9.90 Å². The Hall–Kier alpha value is -0.610. The van der Waals surface area contributed by atoms with E-state index in [1.807, 2.05) is 4.90 Å². The molecule has 1 aliphatic heterocycles. The van der Waals surface area contributed by atoms with Gasteiger partial charge in [-0.15, -0.1) is 0 Å². The van der Waals surface area contributed by atoms with Crippen LogP contribution in [0.2, 0.25) is 0 Å². The van der Waals surface area contributed by atoms with Gasteiger partial charge in [0.05, 0.1) is 12.6 Å². The van der Waals surface area contributed by atoms with Crippen molar-refractivity contribution in [3.63, 3.8) is 0 Å². The molecule has 1 atom stereocenters. The zero-order valence-electron chi connectivity index (χ0n) is 9.61. The predicted octanol–water partition coefficient (Wildman–Crippen LogP) is 0.112. The number of hydrogen-bond donors (Lipinski definition) is 2. The van der Waals surface area contributed by atoms with Crippen LogP contribution in [-0.4, -0.2) is 47.7 Å². The summed E-state index contributed by atoms with van der Waals surface area (Å²) in [5, 5.41) is 12.7. The number of hydrogen-bond acceptors (Lipinski definition) is 3. The zero-order valence-corrected chi connectivity index (χ0v) is 9.61. The molecule has 2 aliphatic carbocycles. The van der Waals surface area contributed by atoms with Crippen LogP contribution >= 0.6 is 0 Å². The number of amides is 1. The minimum atomic E-state index is 0.0574. The first-order valence-corrected chi connectivity index (χ1v) is 6.38. The molecule has 16 heavy (non-hydrogen) atoms. The van der Waals surface area contributed by atoms with Crippen LogP contribution in [-0.2, 0) is 4.79 Å². The molecule has 1 saturated heterocycles. The Bertz CT molecular complexity index is 297. The third kappa shape index (κ3) is 1.96. The molecule has 1 amide bonds. The average molecular weight is 224 g/mol. The van der Waals surface area contributed by atoms with Crippen molar-refractivity contribution in [1.29, 1.82) is 0 Å². The third-order valence-electron chi connectivity index (χ3n) is 4.13. The van der Waals surface area contributed by atoms with Gasteiger partial charge in [0, 0.05) is 24.5 Å². The van der Waals surface area contributed by atoms with Crippen molar-refractivity contribution < 1.29 is 9.90 Å². The van der Waals surface area contributed by atoms with Crippen LogP contribution in [0.1, 0.15) is 32.1 Å². The van der Waals surface area contributed by atoms with Gasteiger partial charge in [-0.1, -0.05) is 0 Å². The van der Waals surface area contributed by atoms with Crippen molar-refractivity contribution in [3.05, 3.63) is 0 Å². The van der Waals surface area contributed by atoms with Crippen molar-refractivity contribution in [3.8, 4) is 0 Å². The normalized spacial score (nSPS) is 32.2. The Morgan fingerprint density at radius 3 is 2.69 bits per heavy atom. The van der Waals surface area contributed by atoms with E-state index in [4.69, 9.17) is 0 Å². The Morgan fingerprint density at radius 1 is 1.38 bits per heavy atom. The standard InChI is InChI=1S/C12H20N2O2/c15-8-12(4-5-12)7-14-6-3-10(11(14)16)13-9-1-2-9/h9-10,13,15H,1-8H2. The Morgan fingerprint density at radius 2 is 2.12 bits per heavy atom. The van der Waals surface area contributed by atoms with Gasteiger partial charge in [0.1, 0.15) is 0 Å². The molecule has 2 N–H and O–H groups in total. The molecule has 0 aromatic heterocycles. The Kier molecular flexibility index (Phi) is 2.44. The lowest BCUT2D eigenvalue weighted by Gasteiger charge is -2.22. The van der Waals surface area contributed by atoms with Crippen LogP contribution in [0.25, 0.3) is 0 Å². The van der Waals surface area contributed by atoms with Crippen LogP contribution in [0.5, 0.6) is 0 Å². The van der Waals surface area contributed by atoms with Crippen molar-refractivity contribution in [2.75, 3.05) is 19.7 Å². The smallest absolute Gasteiger partial charge is 0.239 e. The topological polar surface area (TPSA) is 52.6 Å². The molecule has 1 heterocycles. The van der Waals surface area contributed by atoms with Gasteiger partial charge in [0.25, 0.3) is 0 Å². The highest BCUT2D eigenvalue weighted by atomic mass is 16.3. The van der Waals surface area contributed by atoms with Gasteiger partial charge in [0.2, 0.25) is 5.91 Å². The molecule has 0 aromatic carbocycles. The molecule has 2 saturated carbocycles. The van der Waals surface area contributed by atoms with Gasteiger partial charge in [0.15, 0.2) is 0 Å². The highest BCUT2D eigenvalue weighted by molar-refractivity contribution is 5.84. The summed E-state index contributed by atoms with van der Waals surface area (Å²) in [5.74, 6) is 0.256. The highest BCUT2D eigenvalue weighted by Gasteiger charge is 2.46. The summed E-state index contributed by atoms with van der Waals surface area (Å²) in [7, 11) is 0. The number of nitrogens with zero attached hydrogens (tertiary/aromatic N) is 1. The number of aliphatic hydroxyl groups excluding tert-OH is 1. The molecular weight excluding hydrogens is 204 g/mol. The fourth-order valence-corrected chi connectivity index (χ4v) is 2.53. The second-order valence-electron chi connectivity index (χ2n) is 5.70. The van der Waals surface area contributed by atoms with Crippen LogP contribution in [0.4, 0.5) is 0 Å². The predicted molar refractivity (Wildman–Crippen MR) is 59.9 cm³/mol. The SMILES string of the molecule is O=C1C(NC2CC2)CCN1CC1(CO)CC1. The van der Waals surface area contributed by atoms with E-state index >= 15 is 0 Å². The highest BCUT2D eigenvalue weighted by Crippen LogP contribution is 2.46. The van der Waals surface area contributed by atoms with E-state index in [-0.39, 0.29) is 24.0 Å². The monoisotopic (exact) mass is 224 g/mol. The fraction of sp³-hybridized carbons (Fsp3) is 0.917. The average Bonchev–Trinajstić information content (AvgIpc) is 3.17. The quantitative estimate of drug-likeness (QED) is 0.697. The lowest BCUT2D eigenvalue weighted by molar-refractivity contribution is -0.130. The fourth-order valence-electron chi connectivity index (χ4n) is 2.53. The van der Waals surface area contributed by atoms with Crippen molar-refractivity contribution in [2.24, 2.45) is 5.41 Å². The van der Waals surface area contributed by atoms with Gasteiger partial charge in [-0.3, -0.25) is 4.79 Å². The number of carbonyl (C=O) groups excluding carboxylic acids is 1. The van der Waals surface area contributed by atoms with Gasteiger partial charge in [-0.2, -0.15) is 0 Å². The molecule has 0 aromatic rings. The molecule has 90 valence electrons. The molecule has 4 heteroatoms. The van der Waals surface area contributed by atoms with E-state index in [0.717, 1.165) is 32.4 Å². The molecule has 3 aliphatic rings. The molecule has 3 rings (SSSR count). The number of aliphatic hydroxyl groups is 1. The minimum absolute atomic E-state index is 0.0574. The maximum Gasteiger partial charge on any atom is 0.239 e. The van der Waals surface area contributed by atoms with E-state index < -0.39 is 0 Å². The molecule has 0 radical (unpaired) electrons. The van der Waals surface area contributed by atoms with Gasteiger partial charge in [-0.05, 0) is 32.1 Å². The largest absolute Gasteiger partial charge is 0.396 e. The van der Waals surface area contributed by atoms with E-state index in [2.05, 4.69) is 5.32 Å².